The summed E-state index contributed by atoms with van der Waals surface area (Å²) < 4.78 is 6.18. The van der Waals surface area contributed by atoms with Crippen molar-refractivity contribution >= 4 is 33.9 Å². The Morgan fingerprint density at radius 2 is 2.11 bits per heavy atom. The number of amides is 3. The average Bonchev–Trinajstić information content (AvgIpc) is 2.61. The minimum Gasteiger partial charge on any atom is -0.493 e. The third-order valence-electron chi connectivity index (χ3n) is 2.29. The zero-order valence-corrected chi connectivity index (χ0v) is 11.2. The number of rotatable bonds is 3. The molecule has 1 aliphatic heterocycles. The molecule has 0 saturated carbocycles. The number of carbonyl (C=O) groups is 2. The Balaban J connectivity index is 2.25. The molecule has 1 aromatic rings. The van der Waals surface area contributed by atoms with Crippen LogP contribution in [-0.4, -0.2) is 18.5 Å². The van der Waals surface area contributed by atoms with Crippen LogP contribution in [0.25, 0.3) is 6.08 Å². The lowest BCUT2D eigenvalue weighted by Gasteiger charge is -2.06. The fourth-order valence-electron chi connectivity index (χ4n) is 1.53. The Morgan fingerprint density at radius 1 is 1.33 bits per heavy atom. The van der Waals surface area contributed by atoms with Crippen LogP contribution in [0.5, 0.6) is 5.75 Å². The van der Waals surface area contributed by atoms with E-state index in [1.165, 1.54) is 0 Å². The third kappa shape index (κ3) is 2.70. The van der Waals surface area contributed by atoms with E-state index in [1.54, 1.807) is 18.2 Å². The van der Waals surface area contributed by atoms with Gasteiger partial charge in [0.2, 0.25) is 0 Å². The maximum absolute atomic E-state index is 11.3. The Labute approximate surface area is 112 Å². The molecule has 1 aromatic carbocycles. The van der Waals surface area contributed by atoms with Gasteiger partial charge in [-0.25, -0.2) is 4.79 Å². The van der Waals surface area contributed by atoms with Gasteiger partial charge in [0.05, 0.1) is 11.1 Å². The first-order valence-electron chi connectivity index (χ1n) is 5.36. The minimum absolute atomic E-state index is 0.232. The second-order valence-corrected chi connectivity index (χ2v) is 4.44. The van der Waals surface area contributed by atoms with Gasteiger partial charge in [0, 0.05) is 0 Å². The van der Waals surface area contributed by atoms with Crippen LogP contribution in [0, 0.1) is 0 Å². The Hall–Kier alpha value is -1.82. The number of benzene rings is 1. The van der Waals surface area contributed by atoms with Gasteiger partial charge in [-0.15, -0.1) is 0 Å². The molecule has 0 aliphatic carbocycles. The van der Waals surface area contributed by atoms with Crippen molar-refractivity contribution in [3.63, 3.8) is 0 Å². The third-order valence-corrected chi connectivity index (χ3v) is 2.91. The molecule has 18 heavy (non-hydrogen) atoms. The number of carbonyl (C=O) groups excluding carboxylic acids is 2. The average molecular weight is 311 g/mol. The van der Waals surface area contributed by atoms with Crippen LogP contribution in [0.15, 0.2) is 28.4 Å². The number of hydrogen-bond donors (Lipinski definition) is 2. The highest BCUT2D eigenvalue weighted by Crippen LogP contribution is 2.26. The van der Waals surface area contributed by atoms with E-state index in [9.17, 15) is 9.59 Å². The summed E-state index contributed by atoms with van der Waals surface area (Å²) in [5.74, 6) is 0.310. The smallest absolute Gasteiger partial charge is 0.326 e. The summed E-state index contributed by atoms with van der Waals surface area (Å²) >= 11 is 3.38. The number of urea groups is 1. The van der Waals surface area contributed by atoms with Crippen LogP contribution in [0.2, 0.25) is 0 Å². The molecule has 1 aliphatic rings. The molecular weight excluding hydrogens is 300 g/mol. The van der Waals surface area contributed by atoms with Crippen molar-refractivity contribution in [2.75, 3.05) is 6.61 Å². The zero-order valence-electron chi connectivity index (χ0n) is 9.62. The number of imide groups is 1. The van der Waals surface area contributed by atoms with Gasteiger partial charge in [-0.05, 0) is 46.6 Å². The van der Waals surface area contributed by atoms with Crippen molar-refractivity contribution in [3.8, 4) is 5.75 Å². The fraction of sp³-hybridized carbons (Fsp3) is 0.167. The maximum atomic E-state index is 11.3. The first-order chi connectivity index (χ1) is 8.60. The molecule has 6 heteroatoms. The first kappa shape index (κ1) is 12.6. The molecule has 1 saturated heterocycles. The van der Waals surface area contributed by atoms with Crippen molar-refractivity contribution in [3.05, 3.63) is 33.9 Å². The summed E-state index contributed by atoms with van der Waals surface area (Å²) in [7, 11) is 0. The molecule has 0 aromatic heterocycles. The molecule has 94 valence electrons. The van der Waals surface area contributed by atoms with Crippen molar-refractivity contribution in [2.24, 2.45) is 0 Å². The lowest BCUT2D eigenvalue weighted by Crippen LogP contribution is -2.22. The van der Waals surface area contributed by atoms with E-state index in [2.05, 4.69) is 26.6 Å². The van der Waals surface area contributed by atoms with E-state index < -0.39 is 11.9 Å². The van der Waals surface area contributed by atoms with E-state index in [4.69, 9.17) is 4.74 Å². The minimum atomic E-state index is -0.503. The standard InChI is InChI=1S/C12H11BrN2O3/c1-2-18-10-4-3-7(5-8(10)13)6-9-11(16)15-12(17)14-9/h3-6H,2H2,1H3,(H2,14,15,16,17). The van der Waals surface area contributed by atoms with E-state index in [1.807, 2.05) is 13.0 Å². The molecule has 5 nitrogen and oxygen atoms in total. The monoisotopic (exact) mass is 310 g/mol. The summed E-state index contributed by atoms with van der Waals surface area (Å²) in [5.41, 5.74) is 1.02. The van der Waals surface area contributed by atoms with Gasteiger partial charge < -0.3 is 10.1 Å². The van der Waals surface area contributed by atoms with Crippen molar-refractivity contribution in [2.45, 2.75) is 6.92 Å². The Kier molecular flexibility index (Phi) is 3.66. The number of hydrogen-bond acceptors (Lipinski definition) is 3. The Bertz CT molecular complexity index is 540. The summed E-state index contributed by atoms with van der Waals surface area (Å²) in [5, 5.41) is 4.57. The fourth-order valence-corrected chi connectivity index (χ4v) is 2.04. The van der Waals surface area contributed by atoms with Gasteiger partial charge in [0.15, 0.2) is 0 Å². The second-order valence-electron chi connectivity index (χ2n) is 3.59. The van der Waals surface area contributed by atoms with Crippen molar-refractivity contribution < 1.29 is 14.3 Å². The molecule has 0 radical (unpaired) electrons. The zero-order chi connectivity index (χ0) is 13.1. The molecule has 0 atom stereocenters. The second kappa shape index (κ2) is 5.22. The van der Waals surface area contributed by atoms with E-state index in [0.717, 1.165) is 15.8 Å². The lowest BCUT2D eigenvalue weighted by molar-refractivity contribution is -0.115. The summed E-state index contributed by atoms with van der Waals surface area (Å²) in [6.45, 7) is 2.48. The van der Waals surface area contributed by atoms with Gasteiger partial charge in [-0.2, -0.15) is 0 Å². The first-order valence-corrected chi connectivity index (χ1v) is 6.16. The highest BCUT2D eigenvalue weighted by atomic mass is 79.9. The highest BCUT2D eigenvalue weighted by Gasteiger charge is 2.22. The molecule has 1 fully saturated rings. The predicted molar refractivity (Wildman–Crippen MR) is 70.0 cm³/mol. The van der Waals surface area contributed by atoms with Crippen LogP contribution >= 0.6 is 15.9 Å². The van der Waals surface area contributed by atoms with Crippen LogP contribution in [0.3, 0.4) is 0 Å². The summed E-state index contributed by atoms with van der Waals surface area (Å²) in [6.07, 6.45) is 1.60. The maximum Gasteiger partial charge on any atom is 0.326 e. The van der Waals surface area contributed by atoms with Gasteiger partial charge in [-0.1, -0.05) is 6.07 Å². The van der Waals surface area contributed by atoms with Crippen LogP contribution < -0.4 is 15.4 Å². The largest absolute Gasteiger partial charge is 0.493 e. The molecule has 1 heterocycles. The van der Waals surface area contributed by atoms with E-state index >= 15 is 0 Å². The molecule has 0 unspecified atom stereocenters. The van der Waals surface area contributed by atoms with E-state index in [-0.39, 0.29) is 5.70 Å². The molecule has 0 spiro atoms. The van der Waals surface area contributed by atoms with Gasteiger partial charge in [-0.3, -0.25) is 10.1 Å². The van der Waals surface area contributed by atoms with Gasteiger partial charge in [0.1, 0.15) is 11.4 Å². The van der Waals surface area contributed by atoms with Crippen LogP contribution in [0.4, 0.5) is 4.79 Å². The van der Waals surface area contributed by atoms with Crippen LogP contribution in [-0.2, 0) is 4.79 Å². The molecule has 2 rings (SSSR count). The number of ether oxygens (including phenoxy) is 1. The molecule has 3 amide bonds. The topological polar surface area (TPSA) is 67.4 Å². The molecular formula is C12H11BrN2O3. The number of nitrogens with one attached hydrogen (secondary N) is 2. The SMILES string of the molecule is CCOc1ccc(C=C2NC(=O)NC2=O)cc1Br. The van der Waals surface area contributed by atoms with Gasteiger partial charge >= 0.3 is 6.03 Å². The quantitative estimate of drug-likeness (QED) is 0.663. The van der Waals surface area contributed by atoms with Gasteiger partial charge in [0.25, 0.3) is 5.91 Å². The Morgan fingerprint density at radius 3 is 2.67 bits per heavy atom. The highest BCUT2D eigenvalue weighted by molar-refractivity contribution is 9.10. The lowest BCUT2D eigenvalue weighted by atomic mass is 10.2. The summed E-state index contributed by atoms with van der Waals surface area (Å²) in [4.78, 5) is 22.3. The van der Waals surface area contributed by atoms with Crippen LogP contribution in [0.1, 0.15) is 12.5 Å². The summed E-state index contributed by atoms with van der Waals surface area (Å²) in [6, 6.07) is 4.92. The van der Waals surface area contributed by atoms with E-state index in [0.29, 0.717) is 6.61 Å². The van der Waals surface area contributed by atoms with Crippen molar-refractivity contribution in [1.82, 2.24) is 10.6 Å². The van der Waals surface area contributed by atoms with Crippen molar-refractivity contribution in [1.29, 1.82) is 0 Å². The predicted octanol–water partition coefficient (Wildman–Crippen LogP) is 2.03. The molecule has 2 N–H and O–H groups in total. The molecule has 0 bridgehead atoms. The number of halogens is 1. The normalized spacial score (nSPS) is 16.7.